The van der Waals surface area contributed by atoms with Crippen molar-refractivity contribution in [3.8, 4) is 17.2 Å². The summed E-state index contributed by atoms with van der Waals surface area (Å²) in [6, 6.07) is 10.1. The van der Waals surface area contributed by atoms with Crippen LogP contribution in [0.15, 0.2) is 36.4 Å². The number of ether oxygens (including phenoxy) is 3. The molecular formula is C19H20N2O5. The van der Waals surface area contributed by atoms with Gasteiger partial charge in [-0.2, -0.15) is 0 Å². The molecule has 2 amide bonds. The van der Waals surface area contributed by atoms with Gasteiger partial charge in [0.15, 0.2) is 6.10 Å². The number of nitrogens with one attached hydrogen (secondary N) is 1. The minimum absolute atomic E-state index is 0.140. The van der Waals surface area contributed by atoms with Gasteiger partial charge in [-0.15, -0.1) is 0 Å². The van der Waals surface area contributed by atoms with Crippen molar-refractivity contribution in [1.82, 2.24) is 0 Å². The van der Waals surface area contributed by atoms with E-state index in [2.05, 4.69) is 5.32 Å². The Bertz CT molecular complexity index is 843. The van der Waals surface area contributed by atoms with Crippen LogP contribution in [0.1, 0.15) is 17.3 Å². The van der Waals surface area contributed by atoms with Crippen molar-refractivity contribution in [2.75, 3.05) is 31.5 Å². The first-order chi connectivity index (χ1) is 12.4. The van der Waals surface area contributed by atoms with Crippen LogP contribution in [0.25, 0.3) is 0 Å². The zero-order valence-corrected chi connectivity index (χ0v) is 15.0. The number of anilines is 2. The summed E-state index contributed by atoms with van der Waals surface area (Å²) in [7, 11) is 4.72. The van der Waals surface area contributed by atoms with E-state index in [0.29, 0.717) is 34.2 Å². The number of likely N-dealkylation sites (N-methyl/N-ethyl adjacent to an activating group) is 1. The molecule has 0 aliphatic carbocycles. The van der Waals surface area contributed by atoms with E-state index in [1.54, 1.807) is 50.4 Å². The maximum atomic E-state index is 12.6. The lowest BCUT2D eigenvalue weighted by Gasteiger charge is -2.30. The highest BCUT2D eigenvalue weighted by Crippen LogP contribution is 2.35. The fourth-order valence-electron chi connectivity index (χ4n) is 2.73. The molecule has 0 spiro atoms. The van der Waals surface area contributed by atoms with E-state index in [9.17, 15) is 9.59 Å². The number of hydrogen-bond donors (Lipinski definition) is 1. The monoisotopic (exact) mass is 356 g/mol. The average Bonchev–Trinajstić information content (AvgIpc) is 2.66. The molecule has 1 atom stereocenters. The Balaban J connectivity index is 1.86. The van der Waals surface area contributed by atoms with Gasteiger partial charge in [-0.1, -0.05) is 0 Å². The van der Waals surface area contributed by atoms with Gasteiger partial charge in [-0.3, -0.25) is 9.59 Å². The van der Waals surface area contributed by atoms with Crippen LogP contribution in [-0.2, 0) is 4.79 Å². The smallest absolute Gasteiger partial charge is 0.267 e. The maximum absolute atomic E-state index is 12.6. The van der Waals surface area contributed by atoms with Crippen LogP contribution in [0.5, 0.6) is 17.2 Å². The summed E-state index contributed by atoms with van der Waals surface area (Å²) < 4.78 is 16.0. The molecule has 2 aromatic carbocycles. The number of hydrogen-bond acceptors (Lipinski definition) is 5. The van der Waals surface area contributed by atoms with Crippen LogP contribution in [0.4, 0.5) is 11.4 Å². The summed E-state index contributed by atoms with van der Waals surface area (Å²) in [5.41, 5.74) is 1.55. The minimum atomic E-state index is -0.530. The molecule has 1 N–H and O–H groups in total. The first-order valence-electron chi connectivity index (χ1n) is 8.05. The van der Waals surface area contributed by atoms with Crippen molar-refractivity contribution < 1.29 is 23.8 Å². The first-order valence-corrected chi connectivity index (χ1v) is 8.05. The molecule has 136 valence electrons. The Kier molecular flexibility index (Phi) is 4.71. The second kappa shape index (κ2) is 6.95. The fourth-order valence-corrected chi connectivity index (χ4v) is 2.73. The quantitative estimate of drug-likeness (QED) is 0.911. The van der Waals surface area contributed by atoms with E-state index in [0.717, 1.165) is 0 Å². The molecule has 0 saturated carbocycles. The van der Waals surface area contributed by atoms with E-state index in [1.807, 2.05) is 0 Å². The number of amides is 2. The Morgan fingerprint density at radius 3 is 2.38 bits per heavy atom. The molecule has 1 heterocycles. The molecule has 1 aliphatic heterocycles. The third-order valence-corrected chi connectivity index (χ3v) is 4.17. The molecule has 3 rings (SSSR count). The largest absolute Gasteiger partial charge is 0.497 e. The molecule has 1 unspecified atom stereocenters. The molecule has 0 radical (unpaired) electrons. The average molecular weight is 356 g/mol. The number of nitrogens with zero attached hydrogens (tertiary/aromatic N) is 1. The van der Waals surface area contributed by atoms with E-state index < -0.39 is 6.10 Å². The third kappa shape index (κ3) is 3.28. The van der Waals surface area contributed by atoms with Crippen LogP contribution >= 0.6 is 0 Å². The number of carbonyl (C=O) groups is 2. The lowest BCUT2D eigenvalue weighted by atomic mass is 10.1. The third-order valence-electron chi connectivity index (χ3n) is 4.17. The van der Waals surface area contributed by atoms with Crippen LogP contribution in [0, 0.1) is 0 Å². The van der Waals surface area contributed by atoms with Gasteiger partial charge in [0, 0.05) is 24.4 Å². The van der Waals surface area contributed by atoms with Gasteiger partial charge in [0.2, 0.25) is 0 Å². The highest BCUT2D eigenvalue weighted by molar-refractivity contribution is 6.06. The predicted molar refractivity (Wildman–Crippen MR) is 97.4 cm³/mol. The Hall–Kier alpha value is -3.22. The summed E-state index contributed by atoms with van der Waals surface area (Å²) in [4.78, 5) is 26.2. The van der Waals surface area contributed by atoms with Gasteiger partial charge in [0.1, 0.15) is 17.2 Å². The van der Waals surface area contributed by atoms with Gasteiger partial charge in [-0.25, -0.2) is 0 Å². The second-order valence-electron chi connectivity index (χ2n) is 5.90. The van der Waals surface area contributed by atoms with Gasteiger partial charge >= 0.3 is 0 Å². The highest BCUT2D eigenvalue weighted by Gasteiger charge is 2.29. The molecule has 0 aromatic heterocycles. The number of methoxy groups -OCH3 is 2. The molecule has 2 aromatic rings. The van der Waals surface area contributed by atoms with Crippen molar-refractivity contribution >= 4 is 23.2 Å². The van der Waals surface area contributed by atoms with Gasteiger partial charge in [0.25, 0.3) is 11.8 Å². The minimum Gasteiger partial charge on any atom is -0.497 e. The SMILES string of the molecule is COc1cc(OC)cc(C(=O)Nc2ccc3c(c2)N(C)C(=O)C(C)O3)c1. The van der Waals surface area contributed by atoms with Gasteiger partial charge in [-0.05, 0) is 37.3 Å². The zero-order chi connectivity index (χ0) is 18.8. The topological polar surface area (TPSA) is 77.1 Å². The van der Waals surface area contributed by atoms with E-state index in [-0.39, 0.29) is 11.8 Å². The van der Waals surface area contributed by atoms with Crippen LogP contribution in [0.3, 0.4) is 0 Å². The predicted octanol–water partition coefficient (Wildman–Crippen LogP) is 2.70. The van der Waals surface area contributed by atoms with Gasteiger partial charge < -0.3 is 24.4 Å². The second-order valence-corrected chi connectivity index (χ2v) is 5.90. The Labute approximate surface area is 151 Å². The molecule has 7 nitrogen and oxygen atoms in total. The van der Waals surface area contributed by atoms with Crippen LogP contribution in [0.2, 0.25) is 0 Å². The molecule has 1 aliphatic rings. The van der Waals surface area contributed by atoms with Crippen molar-refractivity contribution in [3.05, 3.63) is 42.0 Å². The van der Waals surface area contributed by atoms with Crippen molar-refractivity contribution in [2.45, 2.75) is 13.0 Å². The zero-order valence-electron chi connectivity index (χ0n) is 15.0. The van der Waals surface area contributed by atoms with Crippen molar-refractivity contribution in [3.63, 3.8) is 0 Å². The van der Waals surface area contributed by atoms with Crippen LogP contribution < -0.4 is 24.4 Å². The lowest BCUT2D eigenvalue weighted by Crippen LogP contribution is -2.41. The van der Waals surface area contributed by atoms with E-state index >= 15 is 0 Å². The summed E-state index contributed by atoms with van der Waals surface area (Å²) in [6.07, 6.45) is -0.530. The van der Waals surface area contributed by atoms with Crippen molar-refractivity contribution in [1.29, 1.82) is 0 Å². The number of benzene rings is 2. The summed E-state index contributed by atoms with van der Waals surface area (Å²) in [5, 5.41) is 2.81. The number of carbonyl (C=O) groups excluding carboxylic acids is 2. The molecule has 0 bridgehead atoms. The van der Waals surface area contributed by atoms with Crippen LogP contribution in [-0.4, -0.2) is 39.2 Å². The normalized spacial score (nSPS) is 15.8. The Morgan fingerprint density at radius 1 is 1.12 bits per heavy atom. The standard InChI is InChI=1S/C19H20N2O5/c1-11-19(23)21(2)16-9-13(5-6-17(16)26-11)20-18(22)12-7-14(24-3)10-15(8-12)25-4/h5-11H,1-4H3,(H,20,22). The summed E-state index contributed by atoms with van der Waals surface area (Å²) in [6.45, 7) is 1.70. The molecule has 7 heteroatoms. The molecule has 0 saturated heterocycles. The molecular weight excluding hydrogens is 336 g/mol. The fraction of sp³-hybridized carbons (Fsp3) is 0.263. The van der Waals surface area contributed by atoms with Crippen molar-refractivity contribution in [2.24, 2.45) is 0 Å². The Morgan fingerprint density at radius 2 is 1.77 bits per heavy atom. The van der Waals surface area contributed by atoms with E-state index in [4.69, 9.17) is 14.2 Å². The highest BCUT2D eigenvalue weighted by atomic mass is 16.5. The summed E-state index contributed by atoms with van der Waals surface area (Å²) >= 11 is 0. The first kappa shape index (κ1) is 17.6. The number of rotatable bonds is 4. The number of fused-ring (bicyclic) bond motifs is 1. The summed E-state index contributed by atoms with van der Waals surface area (Å²) in [5.74, 6) is 1.18. The molecule has 26 heavy (non-hydrogen) atoms. The lowest BCUT2D eigenvalue weighted by molar-refractivity contribution is -0.125. The maximum Gasteiger partial charge on any atom is 0.267 e. The van der Waals surface area contributed by atoms with Gasteiger partial charge in [0.05, 0.1) is 19.9 Å². The van der Waals surface area contributed by atoms with E-state index in [1.165, 1.54) is 19.1 Å². The molecule has 0 fully saturated rings.